The second kappa shape index (κ2) is 5.72. The van der Waals surface area contributed by atoms with Gasteiger partial charge in [-0.3, -0.25) is 0 Å². The monoisotopic (exact) mass is 300 g/mol. The first-order valence-corrected chi connectivity index (χ1v) is 7.85. The van der Waals surface area contributed by atoms with E-state index in [1.807, 2.05) is 0 Å². The van der Waals surface area contributed by atoms with Crippen LogP contribution in [0.5, 0.6) is 0 Å². The molecule has 0 amide bonds. The van der Waals surface area contributed by atoms with Crippen LogP contribution in [0.4, 0.5) is 5.69 Å². The maximum absolute atomic E-state index is 6.22. The van der Waals surface area contributed by atoms with Crippen molar-refractivity contribution < 1.29 is 4.52 Å². The van der Waals surface area contributed by atoms with E-state index in [1.54, 1.807) is 0 Å². The van der Waals surface area contributed by atoms with E-state index in [2.05, 4.69) is 60.1 Å². The molecule has 118 valence electrons. The minimum absolute atomic E-state index is 0.102. The van der Waals surface area contributed by atoms with Gasteiger partial charge in [-0.25, -0.2) is 0 Å². The molecule has 0 bridgehead atoms. The number of aromatic nitrogens is 2. The molecule has 0 radical (unpaired) electrons. The fourth-order valence-electron chi connectivity index (χ4n) is 2.78. The van der Waals surface area contributed by atoms with E-state index in [9.17, 15) is 0 Å². The molecule has 1 aliphatic rings. The number of fused-ring (bicyclic) bond motifs is 1. The normalized spacial score (nSPS) is 18.9. The minimum Gasteiger partial charge on any atom is -0.360 e. The molecular formula is C17H24N4O. The Kier molecular flexibility index (Phi) is 3.91. The van der Waals surface area contributed by atoms with E-state index in [0.29, 0.717) is 12.4 Å². The van der Waals surface area contributed by atoms with Gasteiger partial charge in [-0.2, -0.15) is 4.98 Å². The number of para-hydroxylation sites is 1. The summed E-state index contributed by atoms with van der Waals surface area (Å²) in [5.74, 6) is 1.39. The first kappa shape index (κ1) is 15.0. The molecule has 0 fully saturated rings. The molecule has 1 unspecified atom stereocenters. The van der Waals surface area contributed by atoms with Gasteiger partial charge in [0.05, 0.1) is 6.54 Å². The minimum atomic E-state index is -0.102. The quantitative estimate of drug-likeness (QED) is 0.923. The zero-order chi connectivity index (χ0) is 15.7. The Labute approximate surface area is 131 Å². The standard InChI is InChI=1S/C17H24N4O/c1-17(2,3)16-19-15(22-20-16)11-21-10-13(18)9-8-12-6-4-5-7-14(12)21/h4-7,13H,8-11,18H2,1-3H3. The Hall–Kier alpha value is -1.88. The summed E-state index contributed by atoms with van der Waals surface area (Å²) in [4.78, 5) is 6.80. The van der Waals surface area contributed by atoms with Crippen LogP contribution in [0.1, 0.15) is 44.5 Å². The molecule has 5 nitrogen and oxygen atoms in total. The lowest BCUT2D eigenvalue weighted by molar-refractivity contribution is 0.360. The maximum atomic E-state index is 6.22. The molecule has 1 aromatic heterocycles. The summed E-state index contributed by atoms with van der Waals surface area (Å²) in [6.07, 6.45) is 2.02. The van der Waals surface area contributed by atoms with Gasteiger partial charge in [-0.1, -0.05) is 44.1 Å². The lowest BCUT2D eigenvalue weighted by atomic mass is 9.96. The smallest absolute Gasteiger partial charge is 0.246 e. The van der Waals surface area contributed by atoms with E-state index < -0.39 is 0 Å². The molecule has 0 saturated heterocycles. The third-order valence-corrected chi connectivity index (χ3v) is 4.04. The predicted molar refractivity (Wildman–Crippen MR) is 86.8 cm³/mol. The maximum Gasteiger partial charge on any atom is 0.246 e. The Balaban J connectivity index is 1.86. The van der Waals surface area contributed by atoms with E-state index in [1.165, 1.54) is 11.3 Å². The van der Waals surface area contributed by atoms with Crippen LogP contribution in [0.3, 0.4) is 0 Å². The van der Waals surface area contributed by atoms with Crippen LogP contribution in [-0.2, 0) is 18.4 Å². The summed E-state index contributed by atoms with van der Waals surface area (Å²) in [5, 5.41) is 4.11. The van der Waals surface area contributed by atoms with Crippen LogP contribution in [0, 0.1) is 0 Å². The second-order valence-corrected chi connectivity index (χ2v) is 7.07. The Bertz CT molecular complexity index is 644. The predicted octanol–water partition coefficient (Wildman–Crippen LogP) is 2.65. The molecule has 0 spiro atoms. The highest BCUT2D eigenvalue weighted by Gasteiger charge is 2.24. The van der Waals surface area contributed by atoms with Crippen molar-refractivity contribution >= 4 is 5.69 Å². The number of hydrogen-bond acceptors (Lipinski definition) is 5. The molecule has 1 aromatic carbocycles. The third kappa shape index (κ3) is 3.14. The first-order chi connectivity index (χ1) is 10.4. The van der Waals surface area contributed by atoms with Crippen LogP contribution in [-0.4, -0.2) is 22.7 Å². The van der Waals surface area contributed by atoms with Crippen molar-refractivity contribution in [2.24, 2.45) is 5.73 Å². The van der Waals surface area contributed by atoms with Crippen molar-refractivity contribution in [3.8, 4) is 0 Å². The number of nitrogens with zero attached hydrogens (tertiary/aromatic N) is 3. The van der Waals surface area contributed by atoms with Gasteiger partial charge in [0.2, 0.25) is 5.89 Å². The van der Waals surface area contributed by atoms with Gasteiger partial charge in [-0.15, -0.1) is 0 Å². The fraction of sp³-hybridized carbons (Fsp3) is 0.529. The summed E-state index contributed by atoms with van der Waals surface area (Å²) in [6.45, 7) is 7.66. The van der Waals surface area contributed by atoms with Gasteiger partial charge < -0.3 is 15.2 Å². The molecule has 2 N–H and O–H groups in total. The number of benzene rings is 1. The molecule has 5 heteroatoms. The largest absolute Gasteiger partial charge is 0.360 e. The molecule has 2 aromatic rings. The summed E-state index contributed by atoms with van der Waals surface area (Å²) in [7, 11) is 0. The molecule has 22 heavy (non-hydrogen) atoms. The van der Waals surface area contributed by atoms with Crippen molar-refractivity contribution in [1.82, 2.24) is 10.1 Å². The molecule has 2 heterocycles. The fourth-order valence-corrected chi connectivity index (χ4v) is 2.78. The highest BCUT2D eigenvalue weighted by Crippen LogP contribution is 2.27. The topological polar surface area (TPSA) is 68.2 Å². The van der Waals surface area contributed by atoms with E-state index >= 15 is 0 Å². The Morgan fingerprint density at radius 2 is 2.09 bits per heavy atom. The zero-order valence-electron chi connectivity index (χ0n) is 13.5. The average molecular weight is 300 g/mol. The van der Waals surface area contributed by atoms with Crippen molar-refractivity contribution in [3.63, 3.8) is 0 Å². The van der Waals surface area contributed by atoms with Gasteiger partial charge in [0.15, 0.2) is 5.82 Å². The van der Waals surface area contributed by atoms with Crippen LogP contribution >= 0.6 is 0 Å². The van der Waals surface area contributed by atoms with Crippen molar-refractivity contribution in [1.29, 1.82) is 0 Å². The van der Waals surface area contributed by atoms with Gasteiger partial charge >= 0.3 is 0 Å². The number of aryl methyl sites for hydroxylation is 1. The average Bonchev–Trinajstić information content (AvgIpc) is 2.87. The molecule has 3 rings (SSSR count). The lowest BCUT2D eigenvalue weighted by Gasteiger charge is -2.24. The van der Waals surface area contributed by atoms with Gasteiger partial charge in [0, 0.05) is 23.7 Å². The first-order valence-electron chi connectivity index (χ1n) is 7.85. The van der Waals surface area contributed by atoms with Crippen LogP contribution in [0.25, 0.3) is 0 Å². The molecule has 1 aliphatic heterocycles. The number of nitrogens with two attached hydrogens (primary N) is 1. The van der Waals surface area contributed by atoms with Crippen molar-refractivity contribution in [2.75, 3.05) is 11.4 Å². The van der Waals surface area contributed by atoms with E-state index in [-0.39, 0.29) is 11.5 Å². The summed E-state index contributed by atoms with van der Waals surface area (Å²) >= 11 is 0. The van der Waals surface area contributed by atoms with Gasteiger partial charge in [0.25, 0.3) is 0 Å². The van der Waals surface area contributed by atoms with Gasteiger partial charge in [-0.05, 0) is 24.5 Å². The number of rotatable bonds is 2. The van der Waals surface area contributed by atoms with Crippen LogP contribution < -0.4 is 10.6 Å². The summed E-state index contributed by atoms with van der Waals surface area (Å²) in [5.41, 5.74) is 8.69. The van der Waals surface area contributed by atoms with Crippen LogP contribution in [0.15, 0.2) is 28.8 Å². The number of anilines is 1. The van der Waals surface area contributed by atoms with Gasteiger partial charge in [0.1, 0.15) is 0 Å². The lowest BCUT2D eigenvalue weighted by Crippen LogP contribution is -2.36. The second-order valence-electron chi connectivity index (χ2n) is 7.07. The summed E-state index contributed by atoms with van der Waals surface area (Å²) in [6, 6.07) is 8.64. The Morgan fingerprint density at radius 1 is 1.32 bits per heavy atom. The molecule has 1 atom stereocenters. The zero-order valence-corrected chi connectivity index (χ0v) is 13.5. The molecule has 0 aliphatic carbocycles. The SMILES string of the molecule is CC(C)(C)c1noc(CN2CC(N)CCc3ccccc32)n1. The molecular weight excluding hydrogens is 276 g/mol. The highest BCUT2D eigenvalue weighted by molar-refractivity contribution is 5.54. The van der Waals surface area contributed by atoms with Crippen molar-refractivity contribution in [3.05, 3.63) is 41.5 Å². The number of hydrogen-bond donors (Lipinski definition) is 1. The van der Waals surface area contributed by atoms with E-state index in [4.69, 9.17) is 10.3 Å². The van der Waals surface area contributed by atoms with E-state index in [0.717, 1.165) is 25.2 Å². The molecule has 0 saturated carbocycles. The third-order valence-electron chi connectivity index (χ3n) is 4.04. The van der Waals surface area contributed by atoms with Crippen LogP contribution in [0.2, 0.25) is 0 Å². The highest BCUT2D eigenvalue weighted by atomic mass is 16.5. The Morgan fingerprint density at radius 3 is 2.82 bits per heavy atom. The summed E-state index contributed by atoms with van der Waals surface area (Å²) < 4.78 is 5.44. The van der Waals surface area contributed by atoms with Crippen molar-refractivity contribution in [2.45, 2.75) is 51.6 Å².